The van der Waals surface area contributed by atoms with E-state index in [2.05, 4.69) is 0 Å². The van der Waals surface area contributed by atoms with Crippen molar-refractivity contribution in [2.75, 3.05) is 6.61 Å². The van der Waals surface area contributed by atoms with Gasteiger partial charge in [-0.05, 0) is 30.0 Å². The zero-order valence-corrected chi connectivity index (χ0v) is 11.6. The van der Waals surface area contributed by atoms with Crippen molar-refractivity contribution in [3.05, 3.63) is 28.8 Å². The Morgan fingerprint density at radius 1 is 1.53 bits per heavy atom. The second-order valence-electron chi connectivity index (χ2n) is 4.67. The molecule has 0 saturated heterocycles. The monoisotopic (exact) mass is 280 g/mol. The number of carboxylic acid groups (broad SMARTS) is 1. The highest BCUT2D eigenvalue weighted by Crippen LogP contribution is 2.26. The van der Waals surface area contributed by atoms with Gasteiger partial charge in [0.25, 0.3) is 0 Å². The van der Waals surface area contributed by atoms with Crippen molar-refractivity contribution in [3.63, 3.8) is 0 Å². The van der Waals surface area contributed by atoms with E-state index in [0.717, 1.165) is 0 Å². The van der Waals surface area contributed by atoms with E-state index in [-0.39, 0.29) is 6.42 Å². The summed E-state index contributed by atoms with van der Waals surface area (Å²) in [5.74, 6) is -1.60. The molecule has 0 N–H and O–H groups in total. The van der Waals surface area contributed by atoms with Gasteiger partial charge in [-0.1, -0.05) is 31.5 Å². The quantitative estimate of drug-likeness (QED) is 0.796. The third kappa shape index (κ3) is 4.80. The highest BCUT2D eigenvalue weighted by molar-refractivity contribution is 6.32. The minimum atomic E-state index is -1.38. The maximum Gasteiger partial charge on any atom is 0.137 e. The highest BCUT2D eigenvalue weighted by atomic mass is 35.5. The molecule has 5 heteroatoms. The average molecular weight is 281 g/mol. The van der Waals surface area contributed by atoms with Gasteiger partial charge < -0.3 is 14.6 Å². The van der Waals surface area contributed by atoms with E-state index >= 15 is 0 Å². The number of benzene rings is 1. The van der Waals surface area contributed by atoms with Crippen LogP contribution >= 0.6 is 11.6 Å². The number of carbonyl (C=O) groups excluding carboxylic acids is 1. The molecule has 4 nitrogen and oxygen atoms in total. The van der Waals surface area contributed by atoms with Gasteiger partial charge in [0.05, 0.1) is 29.6 Å². The fourth-order valence-corrected chi connectivity index (χ4v) is 1.72. The van der Waals surface area contributed by atoms with Gasteiger partial charge in [-0.3, -0.25) is 0 Å². The smallest absolute Gasteiger partial charge is 0.137 e. The molecule has 0 saturated carbocycles. The predicted octanol–water partition coefficient (Wildman–Crippen LogP) is 1.81. The van der Waals surface area contributed by atoms with Gasteiger partial charge >= 0.3 is 0 Å². The Labute approximate surface area is 117 Å². The van der Waals surface area contributed by atoms with Crippen molar-refractivity contribution in [2.24, 2.45) is 11.8 Å². The van der Waals surface area contributed by atoms with Gasteiger partial charge in [0, 0.05) is 0 Å². The zero-order valence-electron chi connectivity index (χ0n) is 10.9. The van der Waals surface area contributed by atoms with Crippen LogP contribution in [-0.2, 0) is 11.2 Å². The van der Waals surface area contributed by atoms with Gasteiger partial charge in [-0.15, -0.1) is 0 Å². The third-order valence-electron chi connectivity index (χ3n) is 2.45. The summed E-state index contributed by atoms with van der Waals surface area (Å²) in [6.07, 6.45) is 0.0724. The van der Waals surface area contributed by atoms with Gasteiger partial charge in [0.15, 0.2) is 0 Å². The normalized spacial score (nSPS) is 11.9. The lowest BCUT2D eigenvalue weighted by Gasteiger charge is -2.13. The molecule has 0 aliphatic heterocycles. The summed E-state index contributed by atoms with van der Waals surface area (Å²) in [6, 6.07) is 6.69. The largest absolute Gasteiger partial charge is 0.549 e. The van der Waals surface area contributed by atoms with Crippen molar-refractivity contribution >= 4 is 17.6 Å². The van der Waals surface area contributed by atoms with Crippen molar-refractivity contribution in [3.8, 4) is 11.8 Å². The molecule has 0 spiro atoms. The molecule has 0 amide bonds. The van der Waals surface area contributed by atoms with E-state index < -0.39 is 11.9 Å². The average Bonchev–Trinajstić information content (AvgIpc) is 2.34. The molecule has 102 valence electrons. The fourth-order valence-electron chi connectivity index (χ4n) is 1.46. The van der Waals surface area contributed by atoms with Crippen LogP contribution in [0.2, 0.25) is 5.02 Å². The second kappa shape index (κ2) is 7.01. The molecule has 1 aromatic carbocycles. The number of carbonyl (C=O) groups is 1. The van der Waals surface area contributed by atoms with Crippen molar-refractivity contribution < 1.29 is 14.6 Å². The number of halogens is 1. The standard InChI is InChI=1S/C14H16ClNO3/c1-9(2)8-19-13-4-3-10(6-12(13)15)5-11(7-16)14(17)18/h3-4,6,9,11H,5,8H2,1-2H3,(H,17,18)/p-1/t11-/m1/s1. The Morgan fingerprint density at radius 3 is 2.68 bits per heavy atom. The number of nitrogens with zero attached hydrogens (tertiary/aromatic N) is 1. The highest BCUT2D eigenvalue weighted by Gasteiger charge is 2.11. The van der Waals surface area contributed by atoms with Gasteiger partial charge in [-0.2, -0.15) is 5.26 Å². The summed E-state index contributed by atoms with van der Waals surface area (Å²) in [5.41, 5.74) is 0.664. The van der Waals surface area contributed by atoms with Crippen LogP contribution in [0.4, 0.5) is 0 Å². The van der Waals surface area contributed by atoms with Crippen LogP contribution < -0.4 is 9.84 Å². The lowest BCUT2D eigenvalue weighted by Crippen LogP contribution is -2.31. The van der Waals surface area contributed by atoms with Crippen LogP contribution in [0.25, 0.3) is 0 Å². The van der Waals surface area contributed by atoms with Gasteiger partial charge in [-0.25, -0.2) is 0 Å². The molecule has 1 atom stereocenters. The van der Waals surface area contributed by atoms with E-state index in [1.807, 2.05) is 13.8 Å². The number of nitriles is 1. The van der Waals surface area contributed by atoms with Crippen LogP contribution in [0.5, 0.6) is 5.75 Å². The van der Waals surface area contributed by atoms with Crippen LogP contribution in [0.1, 0.15) is 19.4 Å². The molecular weight excluding hydrogens is 266 g/mol. The summed E-state index contributed by atoms with van der Waals surface area (Å²) in [7, 11) is 0. The van der Waals surface area contributed by atoms with Crippen LogP contribution in [0.3, 0.4) is 0 Å². The molecule has 0 aromatic heterocycles. The number of hydrogen-bond acceptors (Lipinski definition) is 4. The van der Waals surface area contributed by atoms with E-state index in [4.69, 9.17) is 21.6 Å². The van der Waals surface area contributed by atoms with Gasteiger partial charge in [0.2, 0.25) is 0 Å². The Hall–Kier alpha value is -1.73. The first-order valence-electron chi connectivity index (χ1n) is 5.95. The van der Waals surface area contributed by atoms with E-state index in [1.54, 1.807) is 24.3 Å². The molecular formula is C14H15ClNO3-. The van der Waals surface area contributed by atoms with Crippen molar-refractivity contribution in [2.45, 2.75) is 20.3 Å². The topological polar surface area (TPSA) is 73.1 Å². The zero-order chi connectivity index (χ0) is 14.4. The van der Waals surface area contributed by atoms with E-state index in [0.29, 0.717) is 28.9 Å². The molecule has 19 heavy (non-hydrogen) atoms. The molecule has 0 bridgehead atoms. The first-order valence-corrected chi connectivity index (χ1v) is 6.33. The lowest BCUT2D eigenvalue weighted by molar-refractivity contribution is -0.309. The maximum absolute atomic E-state index is 10.7. The van der Waals surface area contributed by atoms with Crippen LogP contribution in [-0.4, -0.2) is 12.6 Å². The second-order valence-corrected chi connectivity index (χ2v) is 5.08. The Morgan fingerprint density at radius 2 is 2.21 bits per heavy atom. The minimum Gasteiger partial charge on any atom is -0.549 e. The first-order chi connectivity index (χ1) is 8.93. The Kier molecular flexibility index (Phi) is 5.65. The van der Waals surface area contributed by atoms with Crippen molar-refractivity contribution in [1.82, 2.24) is 0 Å². The summed E-state index contributed by atoms with van der Waals surface area (Å²) in [5, 5.41) is 19.8. The summed E-state index contributed by atoms with van der Waals surface area (Å²) in [4.78, 5) is 10.7. The molecule has 0 heterocycles. The maximum atomic E-state index is 10.7. The number of aliphatic carboxylic acids is 1. The summed E-state index contributed by atoms with van der Waals surface area (Å²) < 4.78 is 5.51. The molecule has 1 rings (SSSR count). The minimum absolute atomic E-state index is 0.0724. The third-order valence-corrected chi connectivity index (χ3v) is 2.74. The first kappa shape index (κ1) is 15.3. The Bertz CT molecular complexity index is 494. The van der Waals surface area contributed by atoms with E-state index in [1.165, 1.54) is 0 Å². The predicted molar refractivity (Wildman–Crippen MR) is 69.6 cm³/mol. The SMILES string of the molecule is CC(C)COc1ccc(C[C@H](C#N)C(=O)[O-])cc1Cl. The fraction of sp³-hybridized carbons (Fsp3) is 0.429. The number of rotatable bonds is 6. The van der Waals surface area contributed by atoms with Crippen LogP contribution in [0, 0.1) is 23.2 Å². The molecule has 0 radical (unpaired) electrons. The molecule has 1 aromatic rings. The molecule has 0 unspecified atom stereocenters. The number of carboxylic acids is 1. The Balaban J connectivity index is 2.77. The molecule has 0 fully saturated rings. The van der Waals surface area contributed by atoms with Crippen LogP contribution in [0.15, 0.2) is 18.2 Å². The summed E-state index contributed by atoms with van der Waals surface area (Å²) >= 11 is 6.05. The van der Waals surface area contributed by atoms with Gasteiger partial charge in [0.1, 0.15) is 5.75 Å². The van der Waals surface area contributed by atoms with Crippen molar-refractivity contribution in [1.29, 1.82) is 5.26 Å². The molecule has 0 aliphatic carbocycles. The number of ether oxygens (including phenoxy) is 1. The summed E-state index contributed by atoms with van der Waals surface area (Å²) in [6.45, 7) is 4.61. The van der Waals surface area contributed by atoms with E-state index in [9.17, 15) is 9.90 Å². The lowest BCUT2D eigenvalue weighted by atomic mass is 10.0. The number of hydrogen-bond donors (Lipinski definition) is 0. The molecule has 0 aliphatic rings.